The first-order valence-corrected chi connectivity index (χ1v) is 6.65. The quantitative estimate of drug-likeness (QED) is 0.879. The maximum absolute atomic E-state index is 10.3. The van der Waals surface area contributed by atoms with Crippen LogP contribution in [-0.4, -0.2) is 27.6 Å². The number of aliphatic hydroxyl groups is 1. The monoisotopic (exact) mass is 304 g/mol. The van der Waals surface area contributed by atoms with E-state index in [9.17, 15) is 5.11 Å². The van der Waals surface area contributed by atoms with Crippen LogP contribution in [-0.2, 0) is 11.3 Å². The molecule has 0 aliphatic rings. The van der Waals surface area contributed by atoms with E-state index in [4.69, 9.17) is 4.74 Å². The van der Waals surface area contributed by atoms with Crippen LogP contribution in [0.25, 0.3) is 0 Å². The molecule has 0 fully saturated rings. The summed E-state index contributed by atoms with van der Waals surface area (Å²) in [4.78, 5) is 0. The van der Waals surface area contributed by atoms with Gasteiger partial charge in [0.15, 0.2) is 0 Å². The molecule has 0 bridgehead atoms. The van der Waals surface area contributed by atoms with Crippen molar-refractivity contribution in [2.45, 2.75) is 51.9 Å². The van der Waals surface area contributed by atoms with Crippen molar-refractivity contribution in [3.63, 3.8) is 0 Å². The maximum Gasteiger partial charge on any atom is 0.0995 e. The number of nitrogens with zero attached hydrogens (tertiary/aromatic N) is 2. The lowest BCUT2D eigenvalue weighted by atomic mass is 9.99. The number of aliphatic hydroxyl groups excluding tert-OH is 1. The molecule has 1 unspecified atom stereocenters. The molecule has 1 aromatic rings. The Morgan fingerprint density at radius 1 is 1.59 bits per heavy atom. The van der Waals surface area contributed by atoms with Crippen LogP contribution >= 0.6 is 15.9 Å². The number of aryl methyl sites for hydroxylation is 1. The molecule has 5 heteroatoms. The molecule has 17 heavy (non-hydrogen) atoms. The fourth-order valence-electron chi connectivity index (χ4n) is 1.74. The van der Waals surface area contributed by atoms with Crippen LogP contribution in [0, 0.1) is 0 Å². The molecule has 0 spiro atoms. The van der Waals surface area contributed by atoms with Gasteiger partial charge in [-0.05, 0) is 36.2 Å². The number of aromatic nitrogens is 2. The van der Waals surface area contributed by atoms with Crippen LogP contribution in [0.3, 0.4) is 0 Å². The lowest BCUT2D eigenvalue weighted by molar-refractivity contribution is -0.0221. The highest BCUT2D eigenvalue weighted by Gasteiger charge is 2.26. The summed E-state index contributed by atoms with van der Waals surface area (Å²) in [5.41, 5.74) is 0.483. The molecule has 0 saturated heterocycles. The third kappa shape index (κ3) is 3.79. The number of methoxy groups -OCH3 is 1. The van der Waals surface area contributed by atoms with Crippen LogP contribution < -0.4 is 0 Å². The molecular weight excluding hydrogens is 284 g/mol. The normalized spacial score (nSPS) is 14.0. The van der Waals surface area contributed by atoms with Crippen molar-refractivity contribution >= 4 is 15.9 Å². The largest absolute Gasteiger partial charge is 0.387 e. The van der Waals surface area contributed by atoms with Gasteiger partial charge in [0, 0.05) is 20.1 Å². The highest BCUT2D eigenvalue weighted by molar-refractivity contribution is 9.10. The summed E-state index contributed by atoms with van der Waals surface area (Å²) < 4.78 is 8.04. The Morgan fingerprint density at radius 3 is 2.76 bits per heavy atom. The zero-order valence-corrected chi connectivity index (χ0v) is 12.5. The molecule has 1 rings (SSSR count). The average molecular weight is 305 g/mol. The fraction of sp³-hybridized carbons (Fsp3) is 0.750. The smallest absolute Gasteiger partial charge is 0.0995 e. The topological polar surface area (TPSA) is 47.3 Å². The molecule has 1 heterocycles. The number of hydrogen-bond acceptors (Lipinski definition) is 3. The lowest BCUT2D eigenvalue weighted by Crippen LogP contribution is -2.26. The van der Waals surface area contributed by atoms with Gasteiger partial charge in [0.1, 0.15) is 0 Å². The van der Waals surface area contributed by atoms with E-state index >= 15 is 0 Å². The summed E-state index contributed by atoms with van der Waals surface area (Å²) in [6, 6.07) is 0. The van der Waals surface area contributed by atoms with Gasteiger partial charge in [-0.15, -0.1) is 0 Å². The van der Waals surface area contributed by atoms with E-state index in [1.54, 1.807) is 13.3 Å². The second-order valence-electron chi connectivity index (χ2n) is 4.78. The Hall–Kier alpha value is -0.390. The summed E-state index contributed by atoms with van der Waals surface area (Å²) in [5.74, 6) is 0. The van der Waals surface area contributed by atoms with Gasteiger partial charge in [0.05, 0.1) is 28.1 Å². The molecule has 1 N–H and O–H groups in total. The average Bonchev–Trinajstić information content (AvgIpc) is 2.60. The Labute approximate surface area is 111 Å². The van der Waals surface area contributed by atoms with Crippen molar-refractivity contribution in [1.82, 2.24) is 9.78 Å². The van der Waals surface area contributed by atoms with Crippen LogP contribution in [0.2, 0.25) is 0 Å². The molecule has 0 aromatic carbocycles. The Balaban J connectivity index is 2.87. The summed E-state index contributed by atoms with van der Waals surface area (Å²) in [6.07, 6.45) is 2.68. The lowest BCUT2D eigenvalue weighted by Gasteiger charge is -2.26. The van der Waals surface area contributed by atoms with Gasteiger partial charge in [-0.1, -0.05) is 6.92 Å². The van der Waals surface area contributed by atoms with Crippen LogP contribution in [0.15, 0.2) is 10.7 Å². The molecule has 4 nitrogen and oxygen atoms in total. The molecule has 98 valence electrons. The summed E-state index contributed by atoms with van der Waals surface area (Å²) in [5, 5.41) is 14.5. The predicted molar refractivity (Wildman–Crippen MR) is 70.9 cm³/mol. The number of ether oxygens (including phenoxy) is 1. The minimum atomic E-state index is -0.576. The summed E-state index contributed by atoms with van der Waals surface area (Å²) in [6.45, 7) is 6.82. The second-order valence-corrected chi connectivity index (χ2v) is 5.64. The first-order chi connectivity index (χ1) is 7.91. The number of halogens is 1. The van der Waals surface area contributed by atoms with Crippen molar-refractivity contribution in [1.29, 1.82) is 0 Å². The molecule has 0 saturated carbocycles. The van der Waals surface area contributed by atoms with Crippen LogP contribution in [0.1, 0.15) is 45.4 Å². The predicted octanol–water partition coefficient (Wildman–Crippen LogP) is 2.90. The second kappa shape index (κ2) is 5.98. The van der Waals surface area contributed by atoms with Crippen LogP contribution in [0.5, 0.6) is 0 Å². The van der Waals surface area contributed by atoms with Crippen molar-refractivity contribution < 1.29 is 9.84 Å². The van der Waals surface area contributed by atoms with Gasteiger partial charge < -0.3 is 9.84 Å². The van der Waals surface area contributed by atoms with Gasteiger partial charge in [-0.3, -0.25) is 4.68 Å². The Kier molecular flexibility index (Phi) is 5.16. The summed E-state index contributed by atoms with van der Waals surface area (Å²) in [7, 11) is 1.66. The van der Waals surface area contributed by atoms with Gasteiger partial charge in [-0.2, -0.15) is 5.10 Å². The Bertz CT molecular complexity index is 363. The Morgan fingerprint density at radius 2 is 2.24 bits per heavy atom. The molecule has 1 aromatic heterocycles. The third-order valence-corrected chi connectivity index (χ3v) is 3.43. The molecule has 0 aliphatic carbocycles. The fourth-order valence-corrected chi connectivity index (χ4v) is 2.30. The van der Waals surface area contributed by atoms with Gasteiger partial charge >= 0.3 is 0 Å². The summed E-state index contributed by atoms with van der Waals surface area (Å²) >= 11 is 3.43. The molecule has 1 atom stereocenters. The van der Waals surface area contributed by atoms with Gasteiger partial charge in [0.25, 0.3) is 0 Å². The first kappa shape index (κ1) is 14.7. The van der Waals surface area contributed by atoms with Crippen molar-refractivity contribution in [2.24, 2.45) is 0 Å². The number of hydrogen-bond donors (Lipinski definition) is 1. The molecule has 0 amide bonds. The minimum Gasteiger partial charge on any atom is -0.387 e. The van der Waals surface area contributed by atoms with Crippen molar-refractivity contribution in [3.05, 3.63) is 16.4 Å². The molecule has 0 radical (unpaired) electrons. The van der Waals surface area contributed by atoms with E-state index in [0.29, 0.717) is 6.42 Å². The molecular formula is C12H21BrN2O2. The highest BCUT2D eigenvalue weighted by atomic mass is 79.9. The zero-order valence-electron chi connectivity index (χ0n) is 10.9. The first-order valence-electron chi connectivity index (χ1n) is 5.85. The van der Waals surface area contributed by atoms with E-state index < -0.39 is 6.10 Å². The highest BCUT2D eigenvalue weighted by Crippen LogP contribution is 2.30. The van der Waals surface area contributed by atoms with Gasteiger partial charge in [-0.25, -0.2) is 0 Å². The van der Waals surface area contributed by atoms with Crippen molar-refractivity contribution in [2.75, 3.05) is 7.11 Å². The van der Waals surface area contributed by atoms with Gasteiger partial charge in [0.2, 0.25) is 0 Å². The minimum absolute atomic E-state index is 0.347. The van der Waals surface area contributed by atoms with E-state index in [1.807, 2.05) is 18.5 Å². The van der Waals surface area contributed by atoms with E-state index in [-0.39, 0.29) is 5.60 Å². The zero-order chi connectivity index (χ0) is 13.1. The van der Waals surface area contributed by atoms with E-state index in [2.05, 4.69) is 28.0 Å². The van der Waals surface area contributed by atoms with Crippen LogP contribution in [0.4, 0.5) is 0 Å². The maximum atomic E-state index is 10.3. The van der Waals surface area contributed by atoms with Crippen molar-refractivity contribution in [3.8, 4) is 0 Å². The third-order valence-electron chi connectivity index (χ3n) is 2.82. The standard InChI is InChI=1S/C12H21BrN2O2/c1-5-6-15-11(9(13)8-14-15)10(16)7-12(2,3)17-4/h8,10,16H,5-7H2,1-4H3. The number of rotatable bonds is 6. The molecule has 0 aliphatic heterocycles. The van der Waals surface area contributed by atoms with E-state index in [1.165, 1.54) is 0 Å². The van der Waals surface area contributed by atoms with E-state index in [0.717, 1.165) is 23.1 Å². The SMILES string of the molecule is CCCn1ncc(Br)c1C(O)CC(C)(C)OC.